The molecule has 1 N–H and O–H groups in total. The molecule has 1 aliphatic heterocycles. The van der Waals surface area contributed by atoms with E-state index in [9.17, 15) is 13.2 Å². The monoisotopic (exact) mass is 251 g/mol. The van der Waals surface area contributed by atoms with Crippen LogP contribution in [0.25, 0.3) is 0 Å². The summed E-state index contributed by atoms with van der Waals surface area (Å²) in [6.45, 7) is 10.8. The Labute approximate surface area is 102 Å². The molecule has 1 aliphatic rings. The molecular formula is C13H24F3N. The van der Waals surface area contributed by atoms with E-state index in [0.29, 0.717) is 6.54 Å². The standard InChI is InChI=1S/C13H24F3N/c1-6-12(5)7-10(13(14,15)16)17-8-9(12)11(2,3)4/h9-10,17H,6-8H2,1-5H3. The molecule has 0 aromatic rings. The van der Waals surface area contributed by atoms with E-state index >= 15 is 0 Å². The molecule has 0 amide bonds. The summed E-state index contributed by atoms with van der Waals surface area (Å²) in [4.78, 5) is 0. The molecule has 0 bridgehead atoms. The number of nitrogens with one attached hydrogen (secondary N) is 1. The summed E-state index contributed by atoms with van der Waals surface area (Å²) in [6.07, 6.45) is -3.14. The quantitative estimate of drug-likeness (QED) is 0.743. The van der Waals surface area contributed by atoms with Crippen molar-refractivity contribution in [3.63, 3.8) is 0 Å². The number of alkyl halides is 3. The first-order chi connectivity index (χ1) is 7.50. The molecule has 1 rings (SSSR count). The Kier molecular flexibility index (Phi) is 3.88. The van der Waals surface area contributed by atoms with Crippen LogP contribution in [0.3, 0.4) is 0 Å². The van der Waals surface area contributed by atoms with Crippen molar-refractivity contribution in [2.75, 3.05) is 6.54 Å². The molecule has 1 saturated heterocycles. The predicted octanol–water partition coefficient (Wildman–Crippen LogP) is 3.99. The summed E-state index contributed by atoms with van der Waals surface area (Å²) in [7, 11) is 0. The predicted molar refractivity (Wildman–Crippen MR) is 63.8 cm³/mol. The molecule has 0 radical (unpaired) electrons. The van der Waals surface area contributed by atoms with E-state index in [0.717, 1.165) is 6.42 Å². The van der Waals surface area contributed by atoms with Crippen molar-refractivity contribution in [3.05, 3.63) is 0 Å². The molecule has 0 saturated carbocycles. The van der Waals surface area contributed by atoms with Crippen molar-refractivity contribution in [1.82, 2.24) is 5.32 Å². The lowest BCUT2D eigenvalue weighted by atomic mass is 9.59. The van der Waals surface area contributed by atoms with Crippen LogP contribution in [0.2, 0.25) is 0 Å². The molecule has 0 aliphatic carbocycles. The molecule has 1 heterocycles. The van der Waals surface area contributed by atoms with E-state index in [-0.39, 0.29) is 23.2 Å². The van der Waals surface area contributed by atoms with Crippen molar-refractivity contribution < 1.29 is 13.2 Å². The molecule has 0 aromatic carbocycles. The van der Waals surface area contributed by atoms with Gasteiger partial charge < -0.3 is 5.32 Å². The van der Waals surface area contributed by atoms with Gasteiger partial charge in [-0.3, -0.25) is 0 Å². The highest BCUT2D eigenvalue weighted by molar-refractivity contribution is 4.98. The first-order valence-electron chi connectivity index (χ1n) is 6.31. The fourth-order valence-electron chi connectivity index (χ4n) is 3.16. The SMILES string of the molecule is CCC1(C)CC(C(F)(F)F)NCC1C(C)(C)C. The summed E-state index contributed by atoms with van der Waals surface area (Å²) < 4.78 is 38.3. The number of rotatable bonds is 1. The van der Waals surface area contributed by atoms with Crippen molar-refractivity contribution in [2.24, 2.45) is 16.7 Å². The first-order valence-corrected chi connectivity index (χ1v) is 6.31. The highest BCUT2D eigenvalue weighted by Gasteiger charge is 2.51. The Bertz CT molecular complexity index is 267. The van der Waals surface area contributed by atoms with Gasteiger partial charge in [0.2, 0.25) is 0 Å². The second-order valence-electron chi connectivity index (χ2n) is 6.63. The molecule has 3 atom stereocenters. The number of halogens is 3. The zero-order chi connectivity index (χ0) is 13.5. The van der Waals surface area contributed by atoms with Crippen LogP contribution < -0.4 is 5.32 Å². The number of hydrogen-bond acceptors (Lipinski definition) is 1. The van der Waals surface area contributed by atoms with Crippen LogP contribution in [0.5, 0.6) is 0 Å². The van der Waals surface area contributed by atoms with Gasteiger partial charge in [0.15, 0.2) is 0 Å². The molecule has 1 nitrogen and oxygen atoms in total. The Balaban J connectivity index is 2.91. The van der Waals surface area contributed by atoms with Crippen LogP contribution in [0.15, 0.2) is 0 Å². The maximum Gasteiger partial charge on any atom is 0.403 e. The highest BCUT2D eigenvalue weighted by atomic mass is 19.4. The van der Waals surface area contributed by atoms with E-state index in [1.165, 1.54) is 0 Å². The second kappa shape index (κ2) is 4.45. The van der Waals surface area contributed by atoms with Gasteiger partial charge in [0.05, 0.1) is 0 Å². The maximum absolute atomic E-state index is 12.8. The molecule has 102 valence electrons. The average Bonchev–Trinajstić information content (AvgIpc) is 2.14. The summed E-state index contributed by atoms with van der Waals surface area (Å²) in [5.74, 6) is 0.276. The third-order valence-electron chi connectivity index (χ3n) is 4.33. The van der Waals surface area contributed by atoms with Gasteiger partial charge in [-0.25, -0.2) is 0 Å². The van der Waals surface area contributed by atoms with Crippen LogP contribution in [0.4, 0.5) is 13.2 Å². The van der Waals surface area contributed by atoms with Crippen molar-refractivity contribution in [2.45, 2.75) is 59.7 Å². The topological polar surface area (TPSA) is 12.0 Å². The summed E-state index contributed by atoms with van der Waals surface area (Å²) >= 11 is 0. The lowest BCUT2D eigenvalue weighted by molar-refractivity contribution is -0.178. The minimum absolute atomic E-state index is 0.0360. The van der Waals surface area contributed by atoms with E-state index in [2.05, 4.69) is 26.1 Å². The number of piperidine rings is 1. The lowest BCUT2D eigenvalue weighted by Gasteiger charge is -2.51. The van der Waals surface area contributed by atoms with Gasteiger partial charge in [0.1, 0.15) is 6.04 Å². The Morgan fingerprint density at radius 2 is 1.76 bits per heavy atom. The third kappa shape index (κ3) is 3.15. The summed E-state index contributed by atoms with van der Waals surface area (Å²) in [5, 5.41) is 2.68. The third-order valence-corrected chi connectivity index (χ3v) is 4.33. The fourth-order valence-corrected chi connectivity index (χ4v) is 3.16. The van der Waals surface area contributed by atoms with E-state index in [4.69, 9.17) is 0 Å². The maximum atomic E-state index is 12.8. The van der Waals surface area contributed by atoms with Crippen molar-refractivity contribution >= 4 is 0 Å². The zero-order valence-corrected chi connectivity index (χ0v) is 11.4. The molecular weight excluding hydrogens is 227 g/mol. The summed E-state index contributed by atoms with van der Waals surface area (Å²) in [5.41, 5.74) is -0.196. The Morgan fingerprint density at radius 3 is 2.12 bits per heavy atom. The van der Waals surface area contributed by atoms with Gasteiger partial charge in [-0.1, -0.05) is 41.0 Å². The lowest BCUT2D eigenvalue weighted by Crippen LogP contribution is -2.57. The molecule has 17 heavy (non-hydrogen) atoms. The van der Waals surface area contributed by atoms with Gasteiger partial charge >= 0.3 is 6.18 Å². The fraction of sp³-hybridized carbons (Fsp3) is 1.00. The minimum atomic E-state index is -4.13. The highest BCUT2D eigenvalue weighted by Crippen LogP contribution is 2.49. The largest absolute Gasteiger partial charge is 0.403 e. The van der Waals surface area contributed by atoms with Gasteiger partial charge in [-0.05, 0) is 29.7 Å². The average molecular weight is 251 g/mol. The van der Waals surface area contributed by atoms with E-state index in [1.54, 1.807) is 0 Å². The molecule has 0 aromatic heterocycles. The van der Waals surface area contributed by atoms with Crippen LogP contribution in [0, 0.1) is 16.7 Å². The van der Waals surface area contributed by atoms with Gasteiger partial charge in [-0.2, -0.15) is 13.2 Å². The zero-order valence-electron chi connectivity index (χ0n) is 11.4. The van der Waals surface area contributed by atoms with E-state index < -0.39 is 12.2 Å². The van der Waals surface area contributed by atoms with Crippen LogP contribution in [0.1, 0.15) is 47.5 Å². The second-order valence-corrected chi connectivity index (χ2v) is 6.63. The van der Waals surface area contributed by atoms with Crippen LogP contribution in [-0.2, 0) is 0 Å². The Morgan fingerprint density at radius 1 is 1.24 bits per heavy atom. The first kappa shape index (κ1) is 14.8. The van der Waals surface area contributed by atoms with Crippen molar-refractivity contribution in [3.8, 4) is 0 Å². The van der Waals surface area contributed by atoms with Crippen molar-refractivity contribution in [1.29, 1.82) is 0 Å². The normalized spacial score (nSPS) is 36.0. The molecule has 0 spiro atoms. The van der Waals surface area contributed by atoms with Gasteiger partial charge in [0, 0.05) is 0 Å². The van der Waals surface area contributed by atoms with Crippen LogP contribution >= 0.6 is 0 Å². The smallest absolute Gasteiger partial charge is 0.306 e. The molecule has 3 unspecified atom stereocenters. The summed E-state index contributed by atoms with van der Waals surface area (Å²) in [6, 6.07) is -1.34. The van der Waals surface area contributed by atoms with Crippen LogP contribution in [-0.4, -0.2) is 18.8 Å². The minimum Gasteiger partial charge on any atom is -0.306 e. The van der Waals surface area contributed by atoms with E-state index in [1.807, 2.05) is 13.8 Å². The molecule has 4 heteroatoms. The Hall–Kier alpha value is -0.250. The van der Waals surface area contributed by atoms with Gasteiger partial charge in [-0.15, -0.1) is 0 Å². The number of hydrogen-bond donors (Lipinski definition) is 1. The molecule has 1 fully saturated rings. The van der Waals surface area contributed by atoms with Gasteiger partial charge in [0.25, 0.3) is 0 Å².